The molecule has 0 spiro atoms. The van der Waals surface area contributed by atoms with Crippen LogP contribution in [0.1, 0.15) is 24.6 Å². The van der Waals surface area contributed by atoms with Gasteiger partial charge in [0.25, 0.3) is 0 Å². The molecule has 0 bridgehead atoms. The number of aromatic nitrogens is 3. The van der Waals surface area contributed by atoms with Crippen LogP contribution >= 0.6 is 23.1 Å². The second kappa shape index (κ2) is 8.54. The van der Waals surface area contributed by atoms with Crippen LogP contribution in [0.25, 0.3) is 17.3 Å². The maximum Gasteiger partial charge on any atom is 0.247 e. The van der Waals surface area contributed by atoms with E-state index in [1.807, 2.05) is 36.4 Å². The van der Waals surface area contributed by atoms with E-state index in [0.29, 0.717) is 16.7 Å². The molecule has 0 radical (unpaired) electrons. The van der Waals surface area contributed by atoms with Gasteiger partial charge in [-0.2, -0.15) is 4.98 Å². The molecule has 3 aromatic rings. The van der Waals surface area contributed by atoms with Gasteiger partial charge in [0.15, 0.2) is 11.9 Å². The highest BCUT2D eigenvalue weighted by molar-refractivity contribution is 7.99. The summed E-state index contributed by atoms with van der Waals surface area (Å²) < 4.78 is 6.16. The van der Waals surface area contributed by atoms with E-state index in [0.717, 1.165) is 29.8 Å². The molecular formula is C20H20N4OS2. The molecule has 1 aliphatic rings. The van der Waals surface area contributed by atoms with Gasteiger partial charge in [-0.05, 0) is 36.1 Å². The minimum Gasteiger partial charge on any atom is -0.448 e. The number of ether oxygens (including phenoxy) is 1. The number of nitrogens with zero attached hydrogens (tertiary/aromatic N) is 3. The molecule has 1 N–H and O–H groups in total. The van der Waals surface area contributed by atoms with Crippen molar-refractivity contribution in [3.05, 3.63) is 52.7 Å². The summed E-state index contributed by atoms with van der Waals surface area (Å²) in [5, 5.41) is 14.9. The quantitative estimate of drug-likeness (QED) is 0.448. The van der Waals surface area contributed by atoms with Gasteiger partial charge in [-0.15, -0.1) is 21.5 Å². The lowest BCUT2D eigenvalue weighted by atomic mass is 10.1. The van der Waals surface area contributed by atoms with Crippen molar-refractivity contribution in [3.8, 4) is 17.1 Å². The second-order valence-corrected chi connectivity index (χ2v) is 8.09. The maximum atomic E-state index is 6.16. The number of hydrogen-bond acceptors (Lipinski definition) is 7. The standard InChI is InChI=1S/C20H20N4OS2/c1-2-3-12-27-20-22-19-18(23-24-20)15-8-4-5-9-16(15)21-17(25-19)11-10-14-7-6-13-26-14/h4-11,13,17,21H,2-3,12H2,1H3/b11-10+/t17-/m0/s1. The van der Waals surface area contributed by atoms with E-state index in [4.69, 9.17) is 4.74 Å². The normalized spacial score (nSPS) is 15.5. The summed E-state index contributed by atoms with van der Waals surface area (Å²) in [6.07, 6.45) is 6.00. The third-order valence-electron chi connectivity index (χ3n) is 4.06. The highest BCUT2D eigenvalue weighted by Gasteiger charge is 2.23. The van der Waals surface area contributed by atoms with Crippen LogP contribution in [0.15, 0.2) is 53.0 Å². The summed E-state index contributed by atoms with van der Waals surface area (Å²) in [5.41, 5.74) is 2.58. The van der Waals surface area contributed by atoms with Crippen LogP contribution in [0.4, 0.5) is 5.69 Å². The number of rotatable bonds is 6. The Bertz CT molecular complexity index is 927. The first-order chi connectivity index (χ1) is 13.3. The van der Waals surface area contributed by atoms with E-state index >= 15 is 0 Å². The number of nitrogens with one attached hydrogen (secondary N) is 1. The number of thiophene rings is 1. The Morgan fingerprint density at radius 1 is 1.22 bits per heavy atom. The van der Waals surface area contributed by atoms with Crippen LogP contribution in [0, 0.1) is 0 Å². The van der Waals surface area contributed by atoms with Crippen LogP contribution in [0.3, 0.4) is 0 Å². The van der Waals surface area contributed by atoms with Crippen molar-refractivity contribution in [1.82, 2.24) is 15.2 Å². The summed E-state index contributed by atoms with van der Waals surface area (Å²) in [7, 11) is 0. The predicted octanol–water partition coefficient (Wildman–Crippen LogP) is 5.34. The Morgan fingerprint density at radius 2 is 2.15 bits per heavy atom. The Labute approximate surface area is 166 Å². The zero-order valence-electron chi connectivity index (χ0n) is 15.0. The summed E-state index contributed by atoms with van der Waals surface area (Å²) in [4.78, 5) is 5.81. The van der Waals surface area contributed by atoms with Crippen LogP contribution in [0.2, 0.25) is 0 Å². The van der Waals surface area contributed by atoms with Crippen molar-refractivity contribution >= 4 is 34.9 Å². The van der Waals surface area contributed by atoms with Crippen molar-refractivity contribution in [2.45, 2.75) is 31.1 Å². The lowest BCUT2D eigenvalue weighted by Crippen LogP contribution is -2.23. The number of para-hydroxylation sites is 1. The fourth-order valence-electron chi connectivity index (χ4n) is 2.69. The van der Waals surface area contributed by atoms with Gasteiger partial charge in [-0.1, -0.05) is 49.4 Å². The maximum absolute atomic E-state index is 6.16. The Hall–Kier alpha value is -2.38. The van der Waals surface area contributed by atoms with E-state index < -0.39 is 0 Å². The summed E-state index contributed by atoms with van der Waals surface area (Å²) in [5.74, 6) is 1.50. The highest BCUT2D eigenvalue weighted by atomic mass is 32.2. The van der Waals surface area contributed by atoms with Crippen LogP contribution in [-0.2, 0) is 0 Å². The van der Waals surface area contributed by atoms with E-state index in [1.54, 1.807) is 23.1 Å². The lowest BCUT2D eigenvalue weighted by Gasteiger charge is -2.15. The molecular weight excluding hydrogens is 376 g/mol. The Morgan fingerprint density at radius 3 is 3.00 bits per heavy atom. The Kier molecular flexibility index (Phi) is 5.69. The molecule has 4 rings (SSSR count). The summed E-state index contributed by atoms with van der Waals surface area (Å²) >= 11 is 3.31. The average molecular weight is 397 g/mol. The van der Waals surface area contributed by atoms with E-state index in [9.17, 15) is 0 Å². The molecule has 138 valence electrons. The minimum atomic E-state index is -0.334. The van der Waals surface area contributed by atoms with Crippen molar-refractivity contribution in [1.29, 1.82) is 0 Å². The molecule has 0 unspecified atom stereocenters. The molecule has 7 heteroatoms. The largest absolute Gasteiger partial charge is 0.448 e. The number of benzene rings is 1. The molecule has 2 aromatic heterocycles. The van der Waals surface area contributed by atoms with E-state index in [-0.39, 0.29) is 6.23 Å². The van der Waals surface area contributed by atoms with Crippen molar-refractivity contribution in [2.75, 3.05) is 11.1 Å². The minimum absolute atomic E-state index is 0.334. The van der Waals surface area contributed by atoms with Gasteiger partial charge in [-0.25, -0.2) is 0 Å². The van der Waals surface area contributed by atoms with Crippen molar-refractivity contribution < 1.29 is 4.74 Å². The van der Waals surface area contributed by atoms with E-state index in [1.165, 1.54) is 4.88 Å². The summed E-state index contributed by atoms with van der Waals surface area (Å²) in [6.45, 7) is 2.17. The molecule has 3 heterocycles. The number of hydrogen-bond donors (Lipinski definition) is 1. The number of unbranched alkanes of at least 4 members (excludes halogenated alkanes) is 1. The van der Waals surface area contributed by atoms with Gasteiger partial charge in [0.2, 0.25) is 11.0 Å². The second-order valence-electron chi connectivity index (χ2n) is 6.05. The molecule has 1 atom stereocenters. The van der Waals surface area contributed by atoms with Gasteiger partial charge < -0.3 is 10.1 Å². The van der Waals surface area contributed by atoms with Crippen molar-refractivity contribution in [3.63, 3.8) is 0 Å². The van der Waals surface area contributed by atoms with Gasteiger partial charge in [0, 0.05) is 21.9 Å². The topological polar surface area (TPSA) is 59.9 Å². The van der Waals surface area contributed by atoms with Gasteiger partial charge in [0.1, 0.15) is 0 Å². The molecule has 0 amide bonds. The summed E-state index contributed by atoms with van der Waals surface area (Å²) in [6, 6.07) is 12.1. The van der Waals surface area contributed by atoms with Crippen LogP contribution in [0.5, 0.6) is 5.88 Å². The fraction of sp³-hybridized carbons (Fsp3) is 0.250. The first-order valence-electron chi connectivity index (χ1n) is 8.95. The first kappa shape index (κ1) is 18.0. The third kappa shape index (κ3) is 4.31. The Balaban J connectivity index is 1.66. The third-order valence-corrected chi connectivity index (χ3v) is 5.82. The fourth-order valence-corrected chi connectivity index (χ4v) is 4.18. The first-order valence-corrected chi connectivity index (χ1v) is 10.8. The molecule has 0 saturated heterocycles. The smallest absolute Gasteiger partial charge is 0.247 e. The molecule has 27 heavy (non-hydrogen) atoms. The molecule has 5 nitrogen and oxygen atoms in total. The molecule has 1 aliphatic heterocycles. The number of fused-ring (bicyclic) bond motifs is 3. The molecule has 0 fully saturated rings. The number of thioether (sulfide) groups is 1. The molecule has 1 aromatic carbocycles. The van der Waals surface area contributed by atoms with E-state index in [2.05, 4.69) is 44.9 Å². The van der Waals surface area contributed by atoms with Gasteiger partial charge in [-0.3, -0.25) is 0 Å². The zero-order valence-corrected chi connectivity index (χ0v) is 16.6. The molecule has 0 saturated carbocycles. The predicted molar refractivity (Wildman–Crippen MR) is 112 cm³/mol. The highest BCUT2D eigenvalue weighted by Crippen LogP contribution is 2.36. The van der Waals surface area contributed by atoms with Crippen molar-refractivity contribution in [2.24, 2.45) is 0 Å². The monoisotopic (exact) mass is 396 g/mol. The SMILES string of the molecule is CCCCSc1nnc2c(n1)O[C@@H](/C=C/c1cccs1)Nc1ccccc1-2. The zero-order chi connectivity index (χ0) is 18.5. The molecule has 0 aliphatic carbocycles. The van der Waals surface area contributed by atoms with Gasteiger partial charge >= 0.3 is 0 Å². The van der Waals surface area contributed by atoms with Crippen LogP contribution < -0.4 is 10.1 Å². The van der Waals surface area contributed by atoms with Crippen LogP contribution in [-0.4, -0.2) is 27.2 Å². The average Bonchev–Trinajstić information content (AvgIpc) is 3.15. The number of anilines is 1. The lowest BCUT2D eigenvalue weighted by molar-refractivity contribution is 0.266. The van der Waals surface area contributed by atoms with Gasteiger partial charge in [0.05, 0.1) is 0 Å².